The molecule has 0 fully saturated rings. The van der Waals surface area contributed by atoms with E-state index in [-0.39, 0.29) is 18.8 Å². The molecule has 0 radical (unpaired) electrons. The van der Waals surface area contributed by atoms with Gasteiger partial charge in [-0.1, -0.05) is 24.3 Å². The van der Waals surface area contributed by atoms with Crippen LogP contribution >= 0.6 is 0 Å². The Balaban J connectivity index is 2.45. The van der Waals surface area contributed by atoms with Crippen molar-refractivity contribution in [1.82, 2.24) is 0 Å². The van der Waals surface area contributed by atoms with E-state index < -0.39 is 11.6 Å². The number of nitrogens with zero attached hydrogens (tertiary/aromatic N) is 1. The zero-order valence-electron chi connectivity index (χ0n) is 10.2. The molecule has 1 heterocycles. The van der Waals surface area contributed by atoms with Crippen molar-refractivity contribution >= 4 is 6.21 Å². The number of aliphatic hydroxyl groups is 2. The molecule has 4 heteroatoms. The summed E-state index contributed by atoms with van der Waals surface area (Å²) in [6.07, 6.45) is 4.64. The minimum atomic E-state index is -0.871. The predicted molar refractivity (Wildman–Crippen MR) is 69.9 cm³/mol. The maximum Gasteiger partial charge on any atom is 0.124 e. The minimum absolute atomic E-state index is 0.186. The molecule has 1 aliphatic rings. The van der Waals surface area contributed by atoms with Gasteiger partial charge < -0.3 is 15.3 Å². The zero-order valence-corrected chi connectivity index (χ0v) is 10.2. The quantitative estimate of drug-likeness (QED) is 0.750. The number of aliphatic hydroxyl groups excluding tert-OH is 2. The SMILES string of the molecule is Cc1cccc(C2(CC(O)CO)C=CC=N2)c1O. The number of benzene rings is 1. The molecule has 4 nitrogen and oxygen atoms in total. The third-order valence-electron chi connectivity index (χ3n) is 3.22. The van der Waals surface area contributed by atoms with Gasteiger partial charge in [0.1, 0.15) is 11.3 Å². The first kappa shape index (κ1) is 12.8. The molecule has 96 valence electrons. The minimum Gasteiger partial charge on any atom is -0.507 e. The van der Waals surface area contributed by atoms with E-state index in [1.165, 1.54) is 0 Å². The Kier molecular flexibility index (Phi) is 3.50. The molecule has 0 aliphatic carbocycles. The maximum atomic E-state index is 10.2. The molecule has 0 spiro atoms. The van der Waals surface area contributed by atoms with Crippen LogP contribution in [-0.2, 0) is 5.54 Å². The van der Waals surface area contributed by atoms with E-state index in [0.29, 0.717) is 5.56 Å². The van der Waals surface area contributed by atoms with Gasteiger partial charge in [-0.2, -0.15) is 0 Å². The number of hydrogen-bond acceptors (Lipinski definition) is 4. The highest BCUT2D eigenvalue weighted by Gasteiger charge is 2.35. The summed E-state index contributed by atoms with van der Waals surface area (Å²) >= 11 is 0. The highest BCUT2D eigenvalue weighted by atomic mass is 16.3. The fourth-order valence-electron chi connectivity index (χ4n) is 2.24. The summed E-state index contributed by atoms with van der Waals surface area (Å²) in [6, 6.07) is 5.45. The summed E-state index contributed by atoms with van der Waals surface area (Å²) < 4.78 is 0. The molecule has 0 saturated carbocycles. The second-order valence-corrected chi connectivity index (χ2v) is 4.57. The molecule has 1 aromatic carbocycles. The second-order valence-electron chi connectivity index (χ2n) is 4.57. The molecule has 18 heavy (non-hydrogen) atoms. The fourth-order valence-corrected chi connectivity index (χ4v) is 2.24. The Hall–Kier alpha value is -1.65. The molecule has 0 amide bonds. The van der Waals surface area contributed by atoms with Crippen molar-refractivity contribution in [3.05, 3.63) is 41.5 Å². The summed E-state index contributed by atoms with van der Waals surface area (Å²) in [7, 11) is 0. The molecular weight excluding hydrogens is 230 g/mol. The van der Waals surface area contributed by atoms with E-state index in [1.807, 2.05) is 25.1 Å². The Morgan fingerprint density at radius 2 is 2.17 bits per heavy atom. The van der Waals surface area contributed by atoms with Crippen LogP contribution < -0.4 is 0 Å². The third-order valence-corrected chi connectivity index (χ3v) is 3.22. The van der Waals surface area contributed by atoms with Crippen LogP contribution in [0.1, 0.15) is 17.5 Å². The van der Waals surface area contributed by atoms with Crippen LogP contribution in [0, 0.1) is 6.92 Å². The summed E-state index contributed by atoms with van der Waals surface area (Å²) in [4.78, 5) is 4.36. The molecule has 2 atom stereocenters. The number of phenolic OH excluding ortho intramolecular Hbond substituents is 1. The van der Waals surface area contributed by atoms with Crippen molar-refractivity contribution in [1.29, 1.82) is 0 Å². The highest BCUT2D eigenvalue weighted by Crippen LogP contribution is 2.40. The van der Waals surface area contributed by atoms with E-state index >= 15 is 0 Å². The molecular formula is C14H17NO3. The van der Waals surface area contributed by atoms with Gasteiger partial charge >= 0.3 is 0 Å². The standard InChI is InChI=1S/C14H17NO3/c1-10-4-2-5-12(13(10)18)14(6-3-7-15-14)8-11(17)9-16/h2-7,11,16-18H,8-9H2,1H3. The van der Waals surface area contributed by atoms with Gasteiger partial charge in [0.25, 0.3) is 0 Å². The predicted octanol–water partition coefficient (Wildman–Crippen LogP) is 1.28. The normalized spacial score (nSPS) is 23.5. The van der Waals surface area contributed by atoms with Crippen molar-refractivity contribution in [3.8, 4) is 5.75 Å². The van der Waals surface area contributed by atoms with E-state index in [0.717, 1.165) is 5.56 Å². The summed E-state index contributed by atoms with van der Waals surface area (Å²) in [5.74, 6) is 0.186. The number of aryl methyl sites for hydroxylation is 1. The van der Waals surface area contributed by atoms with Gasteiger partial charge in [0.05, 0.1) is 12.7 Å². The van der Waals surface area contributed by atoms with E-state index in [2.05, 4.69) is 4.99 Å². The molecule has 0 aromatic heterocycles. The third kappa shape index (κ3) is 2.17. The number of aromatic hydroxyl groups is 1. The van der Waals surface area contributed by atoms with Crippen molar-refractivity contribution in [2.24, 2.45) is 4.99 Å². The van der Waals surface area contributed by atoms with Crippen molar-refractivity contribution in [3.63, 3.8) is 0 Å². The average Bonchev–Trinajstić information content (AvgIpc) is 2.82. The van der Waals surface area contributed by atoms with Gasteiger partial charge in [0.2, 0.25) is 0 Å². The lowest BCUT2D eigenvalue weighted by Gasteiger charge is -2.28. The van der Waals surface area contributed by atoms with Crippen LogP contribution in [0.4, 0.5) is 0 Å². The lowest BCUT2D eigenvalue weighted by Crippen LogP contribution is -2.28. The topological polar surface area (TPSA) is 73.0 Å². The van der Waals surface area contributed by atoms with E-state index in [4.69, 9.17) is 5.11 Å². The molecule has 2 unspecified atom stereocenters. The lowest BCUT2D eigenvalue weighted by atomic mass is 9.84. The molecule has 3 N–H and O–H groups in total. The van der Waals surface area contributed by atoms with Crippen LogP contribution in [0.15, 0.2) is 35.3 Å². The number of rotatable bonds is 4. The fraction of sp³-hybridized carbons (Fsp3) is 0.357. The lowest BCUT2D eigenvalue weighted by molar-refractivity contribution is 0.0746. The number of allylic oxidation sites excluding steroid dienone is 1. The summed E-state index contributed by atoms with van der Waals surface area (Å²) in [6.45, 7) is 1.50. The van der Waals surface area contributed by atoms with Gasteiger partial charge in [0, 0.05) is 18.2 Å². The first-order valence-electron chi connectivity index (χ1n) is 5.90. The van der Waals surface area contributed by atoms with Gasteiger partial charge in [-0.3, -0.25) is 4.99 Å². The first-order valence-corrected chi connectivity index (χ1v) is 5.90. The maximum absolute atomic E-state index is 10.2. The first-order chi connectivity index (χ1) is 8.59. The number of phenols is 1. The van der Waals surface area contributed by atoms with Gasteiger partial charge in [0.15, 0.2) is 0 Å². The number of hydrogen-bond donors (Lipinski definition) is 3. The molecule has 0 saturated heterocycles. The Morgan fingerprint density at radius 1 is 1.39 bits per heavy atom. The number of aliphatic imine (C=N–C) groups is 1. The van der Waals surface area contributed by atoms with Crippen LogP contribution in [0.25, 0.3) is 0 Å². The second kappa shape index (κ2) is 4.92. The van der Waals surface area contributed by atoms with Gasteiger partial charge in [-0.05, 0) is 18.6 Å². The van der Waals surface area contributed by atoms with Crippen molar-refractivity contribution in [2.75, 3.05) is 6.61 Å². The van der Waals surface area contributed by atoms with Gasteiger partial charge in [-0.25, -0.2) is 0 Å². The number of para-hydroxylation sites is 1. The highest BCUT2D eigenvalue weighted by molar-refractivity contribution is 5.76. The smallest absolute Gasteiger partial charge is 0.124 e. The monoisotopic (exact) mass is 247 g/mol. The largest absolute Gasteiger partial charge is 0.507 e. The van der Waals surface area contributed by atoms with E-state index in [1.54, 1.807) is 18.4 Å². The van der Waals surface area contributed by atoms with Crippen LogP contribution in [0.2, 0.25) is 0 Å². The average molecular weight is 247 g/mol. The molecule has 2 rings (SSSR count). The Bertz CT molecular complexity index is 482. The van der Waals surface area contributed by atoms with Crippen LogP contribution in [0.3, 0.4) is 0 Å². The van der Waals surface area contributed by atoms with Crippen molar-refractivity contribution in [2.45, 2.75) is 25.0 Å². The Labute approximate surface area is 106 Å². The van der Waals surface area contributed by atoms with Crippen molar-refractivity contribution < 1.29 is 15.3 Å². The molecule has 1 aliphatic heterocycles. The van der Waals surface area contributed by atoms with Gasteiger partial charge in [-0.15, -0.1) is 0 Å². The molecule has 1 aromatic rings. The van der Waals surface area contributed by atoms with Crippen LogP contribution in [-0.4, -0.2) is 34.2 Å². The Morgan fingerprint density at radius 3 is 2.78 bits per heavy atom. The van der Waals surface area contributed by atoms with E-state index in [9.17, 15) is 10.2 Å². The summed E-state index contributed by atoms with van der Waals surface area (Å²) in [5.41, 5.74) is 0.638. The van der Waals surface area contributed by atoms with Crippen LogP contribution in [0.5, 0.6) is 5.75 Å². The summed E-state index contributed by atoms with van der Waals surface area (Å²) in [5, 5.41) is 28.8. The molecule has 0 bridgehead atoms. The zero-order chi connectivity index (χ0) is 13.2.